The molecule has 0 radical (unpaired) electrons. The first-order chi connectivity index (χ1) is 16.9. The van der Waals surface area contributed by atoms with Crippen LogP contribution in [0.2, 0.25) is 0 Å². The minimum absolute atomic E-state index is 0.0198. The van der Waals surface area contributed by atoms with Gasteiger partial charge >= 0.3 is 0 Å². The third-order valence-corrected chi connectivity index (χ3v) is 5.41. The van der Waals surface area contributed by atoms with Crippen molar-refractivity contribution in [1.29, 1.82) is 0 Å². The molecule has 0 aliphatic rings. The van der Waals surface area contributed by atoms with Crippen LogP contribution in [0.1, 0.15) is 20.3 Å². The summed E-state index contributed by atoms with van der Waals surface area (Å²) in [4.78, 5) is 2.70. The molecular formula is C27H26N6O2. The van der Waals surface area contributed by atoms with Gasteiger partial charge in [-0.05, 0) is 38.1 Å². The summed E-state index contributed by atoms with van der Waals surface area (Å²) in [5, 5.41) is 39.9. The Hall–Kier alpha value is -4.72. The molecule has 2 N–H and O–H groups in total. The van der Waals surface area contributed by atoms with Crippen LogP contribution in [0, 0.1) is 0 Å². The van der Waals surface area contributed by atoms with Gasteiger partial charge in [-0.1, -0.05) is 61.7 Å². The number of benzene rings is 2. The molecule has 0 saturated carbocycles. The Bertz CT molecular complexity index is 1480. The maximum absolute atomic E-state index is 11.1. The van der Waals surface area contributed by atoms with Gasteiger partial charge in [-0.3, -0.25) is 0 Å². The molecule has 0 bridgehead atoms. The predicted octanol–water partition coefficient (Wildman–Crippen LogP) is 5.98. The fraction of sp³-hybridized carbons (Fsp3) is 0.111. The molecular weight excluding hydrogens is 440 g/mol. The molecule has 0 saturated heterocycles. The summed E-state index contributed by atoms with van der Waals surface area (Å²) >= 11 is 0. The molecule has 2 aromatic heterocycles. The molecule has 0 spiro atoms. The Morgan fingerprint density at radius 2 is 1.34 bits per heavy atom. The monoisotopic (exact) mass is 466 g/mol. The normalized spacial score (nSPS) is 13.8. The van der Waals surface area contributed by atoms with Crippen LogP contribution in [0.15, 0.2) is 109 Å². The van der Waals surface area contributed by atoms with Crippen LogP contribution in [0.25, 0.3) is 33.5 Å². The van der Waals surface area contributed by atoms with Crippen molar-refractivity contribution in [2.45, 2.75) is 20.3 Å². The van der Waals surface area contributed by atoms with Crippen LogP contribution in [0.5, 0.6) is 0 Å². The fourth-order valence-corrected chi connectivity index (χ4v) is 3.59. The zero-order chi connectivity index (χ0) is 24.9. The summed E-state index contributed by atoms with van der Waals surface area (Å²) in [6.07, 6.45) is 7.00. The third-order valence-electron chi connectivity index (χ3n) is 5.41. The van der Waals surface area contributed by atoms with Crippen LogP contribution < -0.4 is 0 Å². The molecule has 0 aliphatic carbocycles. The summed E-state index contributed by atoms with van der Waals surface area (Å²) in [7, 11) is 0. The van der Waals surface area contributed by atoms with E-state index in [2.05, 4.69) is 33.6 Å². The van der Waals surface area contributed by atoms with E-state index in [4.69, 9.17) is 0 Å². The van der Waals surface area contributed by atoms with E-state index in [-0.39, 0.29) is 23.6 Å². The van der Waals surface area contributed by atoms with Gasteiger partial charge < -0.3 is 10.2 Å². The number of fused-ring (bicyclic) bond motifs is 2. The Morgan fingerprint density at radius 1 is 0.857 bits per heavy atom. The molecule has 0 unspecified atom stereocenters. The van der Waals surface area contributed by atoms with Gasteiger partial charge in [-0.15, -0.1) is 25.2 Å². The molecule has 8 heteroatoms. The average Bonchev–Trinajstić information content (AvgIpc) is 3.50. The molecule has 35 heavy (non-hydrogen) atoms. The molecule has 8 nitrogen and oxygen atoms in total. The lowest BCUT2D eigenvalue weighted by atomic mass is 10.00. The summed E-state index contributed by atoms with van der Waals surface area (Å²) in [6, 6.07) is 14.9. The summed E-state index contributed by atoms with van der Waals surface area (Å²) < 4.78 is 0. The van der Waals surface area contributed by atoms with Crippen LogP contribution in [-0.4, -0.2) is 40.2 Å². The van der Waals surface area contributed by atoms with E-state index >= 15 is 0 Å². The summed E-state index contributed by atoms with van der Waals surface area (Å²) in [5.74, 6) is -0.111. The molecule has 2 heterocycles. The Kier molecular flexibility index (Phi) is 6.73. The maximum atomic E-state index is 11.1. The highest BCUT2D eigenvalue weighted by molar-refractivity contribution is 5.75. The van der Waals surface area contributed by atoms with Crippen molar-refractivity contribution in [1.82, 2.24) is 30.0 Å². The quantitative estimate of drug-likeness (QED) is 0.244. The van der Waals surface area contributed by atoms with Gasteiger partial charge in [0.1, 0.15) is 45.0 Å². The van der Waals surface area contributed by atoms with Crippen molar-refractivity contribution in [2.75, 3.05) is 0 Å². The lowest BCUT2D eigenvalue weighted by Crippen LogP contribution is -2.07. The van der Waals surface area contributed by atoms with Crippen molar-refractivity contribution in [3.8, 4) is 0 Å². The second-order valence-electron chi connectivity index (χ2n) is 7.82. The van der Waals surface area contributed by atoms with Crippen LogP contribution in [-0.2, 0) is 0 Å². The van der Waals surface area contributed by atoms with Gasteiger partial charge in [0.2, 0.25) is 0 Å². The lowest BCUT2D eigenvalue weighted by Gasteiger charge is -2.13. The number of rotatable bonds is 8. The van der Waals surface area contributed by atoms with E-state index in [1.807, 2.05) is 55.5 Å². The average molecular weight is 467 g/mol. The van der Waals surface area contributed by atoms with Crippen molar-refractivity contribution < 1.29 is 10.2 Å². The largest absolute Gasteiger partial charge is 0.506 e. The standard InChI is InChI=1S/C27H26N6O2/c1-5-11-20(26(34)18(3)32-28-22-13-7-8-14-23(22)29-32)17-21(12-6-2)27(35)19(4)33-30-24-15-9-10-16-25(24)31-33/h5-16,34-35H,1,4,17H2,2-3H3/b12-6-,20-11-,26-18-,27-21-. The first kappa shape index (κ1) is 23.4. The maximum Gasteiger partial charge on any atom is 0.145 e. The summed E-state index contributed by atoms with van der Waals surface area (Å²) in [6.45, 7) is 11.3. The number of nitrogens with zero attached hydrogens (tertiary/aromatic N) is 6. The number of hydrogen-bond acceptors (Lipinski definition) is 6. The van der Waals surface area contributed by atoms with Gasteiger partial charge in [0, 0.05) is 17.6 Å². The van der Waals surface area contributed by atoms with Gasteiger partial charge in [0.05, 0.1) is 0 Å². The zero-order valence-electron chi connectivity index (χ0n) is 19.6. The Morgan fingerprint density at radius 3 is 1.80 bits per heavy atom. The van der Waals surface area contributed by atoms with E-state index in [1.165, 1.54) is 9.59 Å². The van der Waals surface area contributed by atoms with E-state index in [9.17, 15) is 10.2 Å². The van der Waals surface area contributed by atoms with Crippen molar-refractivity contribution in [3.63, 3.8) is 0 Å². The lowest BCUT2D eigenvalue weighted by molar-refractivity contribution is 0.411. The van der Waals surface area contributed by atoms with Crippen molar-refractivity contribution in [2.24, 2.45) is 0 Å². The van der Waals surface area contributed by atoms with Gasteiger partial charge in [-0.2, -0.15) is 4.80 Å². The molecule has 176 valence electrons. The number of aliphatic hydroxyl groups is 2. The number of aliphatic hydroxyl groups excluding tert-OH is 2. The predicted molar refractivity (Wildman–Crippen MR) is 139 cm³/mol. The van der Waals surface area contributed by atoms with Gasteiger partial charge in [-0.25, -0.2) is 0 Å². The van der Waals surface area contributed by atoms with Gasteiger partial charge in [0.25, 0.3) is 0 Å². The summed E-state index contributed by atoms with van der Waals surface area (Å²) in [5.41, 5.74) is 4.51. The highest BCUT2D eigenvalue weighted by atomic mass is 16.3. The van der Waals surface area contributed by atoms with Crippen molar-refractivity contribution >= 4 is 33.5 Å². The van der Waals surface area contributed by atoms with Crippen LogP contribution in [0.3, 0.4) is 0 Å². The van der Waals surface area contributed by atoms with E-state index in [0.29, 0.717) is 27.9 Å². The second kappa shape index (κ2) is 10.0. The second-order valence-corrected chi connectivity index (χ2v) is 7.82. The van der Waals surface area contributed by atoms with E-state index < -0.39 is 0 Å². The van der Waals surface area contributed by atoms with Gasteiger partial charge in [0.15, 0.2) is 0 Å². The topological polar surface area (TPSA) is 102 Å². The van der Waals surface area contributed by atoms with Crippen LogP contribution in [0.4, 0.5) is 0 Å². The highest BCUT2D eigenvalue weighted by Gasteiger charge is 2.17. The Balaban J connectivity index is 1.70. The number of allylic oxidation sites excluding steroid dienone is 8. The zero-order valence-corrected chi connectivity index (χ0v) is 19.6. The molecule has 0 aliphatic heterocycles. The number of hydrogen-bond donors (Lipinski definition) is 2. The molecule has 0 fully saturated rings. The minimum atomic E-state index is -0.0909. The molecule has 4 rings (SSSR count). The first-order valence-corrected chi connectivity index (χ1v) is 11.0. The molecule has 4 aromatic rings. The van der Waals surface area contributed by atoms with Crippen molar-refractivity contribution in [3.05, 3.63) is 109 Å². The van der Waals surface area contributed by atoms with Crippen LogP contribution >= 0.6 is 0 Å². The Labute approximate surface area is 202 Å². The third kappa shape index (κ3) is 4.81. The fourth-order valence-electron chi connectivity index (χ4n) is 3.59. The molecule has 0 amide bonds. The first-order valence-electron chi connectivity index (χ1n) is 11.0. The number of aromatic nitrogens is 6. The minimum Gasteiger partial charge on any atom is -0.506 e. The highest BCUT2D eigenvalue weighted by Crippen LogP contribution is 2.27. The molecule has 2 aromatic carbocycles. The van der Waals surface area contributed by atoms with E-state index in [1.54, 1.807) is 31.2 Å². The molecule has 0 atom stereocenters. The SMILES string of the molecule is C=C/C=C(CC(/C=C\C)=C(\O)C(=C)n1nc2ccccc2n1)\C(O)=C(/C)n1nc2ccccc2n1. The van der Waals surface area contributed by atoms with E-state index in [0.717, 1.165) is 11.0 Å². The smallest absolute Gasteiger partial charge is 0.145 e.